The van der Waals surface area contributed by atoms with Crippen LogP contribution < -0.4 is 11.1 Å². The normalized spacial score (nSPS) is 10.3. The Bertz CT molecular complexity index is 426. The van der Waals surface area contributed by atoms with Crippen molar-refractivity contribution in [2.45, 2.75) is 0 Å². The van der Waals surface area contributed by atoms with Crippen LogP contribution in [0.5, 0.6) is 0 Å². The zero-order valence-corrected chi connectivity index (χ0v) is 9.65. The molecule has 0 spiro atoms. The van der Waals surface area contributed by atoms with E-state index in [1.54, 1.807) is 0 Å². The van der Waals surface area contributed by atoms with Crippen LogP contribution in [-0.4, -0.2) is 42.5 Å². The van der Waals surface area contributed by atoms with Gasteiger partial charge in [-0.05, 0) is 12.1 Å². The van der Waals surface area contributed by atoms with Crippen molar-refractivity contribution in [3.63, 3.8) is 0 Å². The maximum absolute atomic E-state index is 13.1. The number of halogens is 1. The van der Waals surface area contributed by atoms with Crippen LogP contribution in [0.25, 0.3) is 0 Å². The number of nitrogen functional groups attached to an aromatic ring is 1. The van der Waals surface area contributed by atoms with E-state index in [1.165, 1.54) is 6.07 Å². The largest absolute Gasteiger partial charge is 0.478 e. The van der Waals surface area contributed by atoms with Gasteiger partial charge in [0.2, 0.25) is 0 Å². The Hall–Kier alpha value is -1.86. The van der Waals surface area contributed by atoms with Crippen molar-refractivity contribution >= 4 is 17.3 Å². The number of anilines is 2. The molecule has 0 aliphatic rings. The van der Waals surface area contributed by atoms with Crippen molar-refractivity contribution in [3.05, 3.63) is 23.5 Å². The first-order valence-electron chi connectivity index (χ1n) is 5.31. The van der Waals surface area contributed by atoms with Crippen LogP contribution in [0.4, 0.5) is 15.8 Å². The van der Waals surface area contributed by atoms with Gasteiger partial charge in [0.05, 0.1) is 31.2 Å². The fraction of sp³-hybridized carbons (Fsp3) is 0.364. The summed E-state index contributed by atoms with van der Waals surface area (Å²) < 4.78 is 18.1. The highest BCUT2D eigenvalue weighted by atomic mass is 19.1. The zero-order chi connectivity index (χ0) is 13.5. The van der Waals surface area contributed by atoms with Crippen LogP contribution in [0, 0.1) is 5.82 Å². The van der Waals surface area contributed by atoms with Gasteiger partial charge in [-0.3, -0.25) is 0 Å². The Balaban J connectivity index is 2.70. The molecule has 0 heterocycles. The summed E-state index contributed by atoms with van der Waals surface area (Å²) in [5.74, 6) is -2.07. The third kappa shape index (κ3) is 3.57. The van der Waals surface area contributed by atoms with Gasteiger partial charge in [0.15, 0.2) is 0 Å². The Labute approximate surface area is 103 Å². The fourth-order valence-corrected chi connectivity index (χ4v) is 1.40. The van der Waals surface area contributed by atoms with Crippen molar-refractivity contribution in [1.82, 2.24) is 0 Å². The van der Waals surface area contributed by atoms with Crippen LogP contribution >= 0.6 is 0 Å². The van der Waals surface area contributed by atoms with Gasteiger partial charge >= 0.3 is 5.97 Å². The van der Waals surface area contributed by atoms with E-state index in [0.717, 1.165) is 6.07 Å². The number of aliphatic hydroxyl groups excluding tert-OH is 1. The van der Waals surface area contributed by atoms with Gasteiger partial charge < -0.3 is 26.0 Å². The fourth-order valence-electron chi connectivity index (χ4n) is 1.40. The second-order valence-corrected chi connectivity index (χ2v) is 3.45. The Morgan fingerprint density at radius 1 is 1.44 bits per heavy atom. The third-order valence-corrected chi connectivity index (χ3v) is 2.20. The van der Waals surface area contributed by atoms with Crippen LogP contribution in [-0.2, 0) is 4.74 Å². The average Bonchev–Trinajstić information content (AvgIpc) is 2.33. The number of ether oxygens (including phenoxy) is 1. The summed E-state index contributed by atoms with van der Waals surface area (Å²) in [5.41, 5.74) is 4.91. The molecule has 0 amide bonds. The molecular weight excluding hydrogens is 243 g/mol. The van der Waals surface area contributed by atoms with Crippen molar-refractivity contribution < 1.29 is 24.1 Å². The lowest BCUT2D eigenvalue weighted by Crippen LogP contribution is -2.15. The molecule has 1 aromatic carbocycles. The lowest BCUT2D eigenvalue weighted by atomic mass is 10.1. The van der Waals surface area contributed by atoms with E-state index in [0.29, 0.717) is 6.54 Å². The standard InChI is InChI=1S/C11H15FN2O4/c12-7-1-2-8(9(10(7)13)11(16)17)14-3-5-18-6-4-15/h1-2,14-15H,3-6,13H2,(H,16,17). The summed E-state index contributed by atoms with van der Waals surface area (Å²) in [5, 5.41) is 20.2. The van der Waals surface area contributed by atoms with Crippen molar-refractivity contribution in [1.29, 1.82) is 0 Å². The minimum atomic E-state index is -1.30. The number of carboxylic acid groups (broad SMARTS) is 1. The summed E-state index contributed by atoms with van der Waals surface area (Å²) in [6.45, 7) is 0.741. The number of nitrogens with two attached hydrogens (primary N) is 1. The molecule has 0 bridgehead atoms. The molecule has 0 unspecified atom stereocenters. The van der Waals surface area contributed by atoms with Gasteiger partial charge in [-0.25, -0.2) is 9.18 Å². The summed E-state index contributed by atoms with van der Waals surface area (Å²) in [6, 6.07) is 2.40. The molecule has 1 aromatic rings. The molecule has 0 saturated carbocycles. The quantitative estimate of drug-likeness (QED) is 0.420. The van der Waals surface area contributed by atoms with Gasteiger partial charge in [0, 0.05) is 6.54 Å². The zero-order valence-electron chi connectivity index (χ0n) is 9.65. The molecule has 0 aliphatic heterocycles. The minimum Gasteiger partial charge on any atom is -0.478 e. The van der Waals surface area contributed by atoms with E-state index in [1.807, 2.05) is 0 Å². The molecule has 1 rings (SSSR count). The van der Waals surface area contributed by atoms with E-state index in [2.05, 4.69) is 5.32 Å². The summed E-state index contributed by atoms with van der Waals surface area (Å²) in [6.07, 6.45) is 0. The topological polar surface area (TPSA) is 105 Å². The average molecular weight is 258 g/mol. The van der Waals surface area contributed by atoms with E-state index >= 15 is 0 Å². The van der Waals surface area contributed by atoms with Gasteiger partial charge in [-0.1, -0.05) is 0 Å². The molecule has 0 aromatic heterocycles. The van der Waals surface area contributed by atoms with Gasteiger partial charge in [-0.15, -0.1) is 0 Å². The molecule has 5 N–H and O–H groups in total. The number of aromatic carboxylic acids is 1. The predicted octanol–water partition coefficient (Wildman–Crippen LogP) is 0.527. The maximum Gasteiger partial charge on any atom is 0.340 e. The number of carboxylic acids is 1. The number of hydrogen-bond acceptors (Lipinski definition) is 5. The van der Waals surface area contributed by atoms with Crippen LogP contribution in [0.15, 0.2) is 12.1 Å². The molecular formula is C11H15FN2O4. The summed E-state index contributed by atoms with van der Waals surface area (Å²) >= 11 is 0. The van der Waals surface area contributed by atoms with Crippen molar-refractivity contribution in [2.24, 2.45) is 0 Å². The number of carbonyl (C=O) groups is 1. The Morgan fingerprint density at radius 2 is 2.17 bits per heavy atom. The molecule has 6 nitrogen and oxygen atoms in total. The first-order chi connectivity index (χ1) is 8.57. The molecule has 0 radical (unpaired) electrons. The van der Waals surface area contributed by atoms with Crippen LogP contribution in [0.1, 0.15) is 10.4 Å². The second-order valence-electron chi connectivity index (χ2n) is 3.45. The minimum absolute atomic E-state index is 0.0795. The number of benzene rings is 1. The number of hydrogen-bond donors (Lipinski definition) is 4. The third-order valence-electron chi connectivity index (χ3n) is 2.20. The monoisotopic (exact) mass is 258 g/mol. The maximum atomic E-state index is 13.1. The summed E-state index contributed by atoms with van der Waals surface area (Å²) in [4.78, 5) is 11.0. The summed E-state index contributed by atoms with van der Waals surface area (Å²) in [7, 11) is 0. The molecule has 0 fully saturated rings. The molecule has 0 aliphatic carbocycles. The highest BCUT2D eigenvalue weighted by Gasteiger charge is 2.16. The molecule has 0 atom stereocenters. The number of nitrogens with one attached hydrogen (secondary N) is 1. The predicted molar refractivity (Wildman–Crippen MR) is 64.2 cm³/mol. The highest BCUT2D eigenvalue weighted by Crippen LogP contribution is 2.24. The van der Waals surface area contributed by atoms with E-state index in [4.69, 9.17) is 20.7 Å². The highest BCUT2D eigenvalue weighted by molar-refractivity contribution is 6.00. The Morgan fingerprint density at radius 3 is 2.78 bits per heavy atom. The second kappa shape index (κ2) is 6.77. The first kappa shape index (κ1) is 14.2. The van der Waals surface area contributed by atoms with Gasteiger partial charge in [0.1, 0.15) is 11.4 Å². The van der Waals surface area contributed by atoms with Crippen molar-refractivity contribution in [3.8, 4) is 0 Å². The van der Waals surface area contributed by atoms with E-state index in [-0.39, 0.29) is 31.1 Å². The SMILES string of the molecule is Nc1c(F)ccc(NCCOCCO)c1C(=O)O. The Kier molecular flexibility index (Phi) is 5.34. The molecule has 100 valence electrons. The number of rotatable bonds is 7. The lowest BCUT2D eigenvalue weighted by molar-refractivity contribution is 0.0698. The van der Waals surface area contributed by atoms with Crippen LogP contribution in [0.3, 0.4) is 0 Å². The lowest BCUT2D eigenvalue weighted by Gasteiger charge is -2.12. The first-order valence-corrected chi connectivity index (χ1v) is 5.31. The van der Waals surface area contributed by atoms with E-state index in [9.17, 15) is 9.18 Å². The molecule has 0 saturated heterocycles. The molecule has 18 heavy (non-hydrogen) atoms. The van der Waals surface area contributed by atoms with Gasteiger partial charge in [-0.2, -0.15) is 0 Å². The van der Waals surface area contributed by atoms with E-state index < -0.39 is 17.5 Å². The van der Waals surface area contributed by atoms with Gasteiger partial charge in [0.25, 0.3) is 0 Å². The smallest absolute Gasteiger partial charge is 0.340 e. The van der Waals surface area contributed by atoms with Crippen molar-refractivity contribution in [2.75, 3.05) is 37.4 Å². The van der Waals surface area contributed by atoms with Crippen LogP contribution in [0.2, 0.25) is 0 Å². The molecule has 7 heteroatoms. The number of aliphatic hydroxyl groups is 1.